The lowest BCUT2D eigenvalue weighted by Gasteiger charge is -2.19. The van der Waals surface area contributed by atoms with Crippen LogP contribution in [0.1, 0.15) is 44.5 Å². The molecule has 10 aromatic carbocycles. The Balaban J connectivity index is 1.41. The van der Waals surface area contributed by atoms with Gasteiger partial charge in [-0.25, -0.2) is 0 Å². The van der Waals surface area contributed by atoms with Crippen LogP contribution in [0.3, 0.4) is 0 Å². The third kappa shape index (κ3) is 5.82. The quantitative estimate of drug-likeness (QED) is 0.157. The predicted octanol–water partition coefficient (Wildman–Crippen LogP) is 16.6. The molecular formula is C58H48. The largest absolute Gasteiger partial charge is 0.0584 e. The van der Waals surface area contributed by atoms with Gasteiger partial charge in [-0.15, -0.1) is 0 Å². The lowest BCUT2D eigenvalue weighted by molar-refractivity contribution is 1.34. The Morgan fingerprint density at radius 1 is 0.172 bits per heavy atom. The molecule has 0 saturated heterocycles. The predicted molar refractivity (Wildman–Crippen MR) is 254 cm³/mol. The summed E-state index contributed by atoms with van der Waals surface area (Å²) in [6.45, 7) is 17.7. The number of hydrogen-bond donors (Lipinski definition) is 0. The van der Waals surface area contributed by atoms with E-state index in [4.69, 9.17) is 0 Å². The third-order valence-electron chi connectivity index (χ3n) is 13.3. The monoisotopic (exact) mass is 744 g/mol. The molecule has 0 saturated carbocycles. The van der Waals surface area contributed by atoms with Crippen molar-refractivity contribution >= 4 is 53.9 Å². The Labute approximate surface area is 342 Å². The van der Waals surface area contributed by atoms with E-state index >= 15 is 0 Å². The first kappa shape index (κ1) is 35.9. The molecule has 10 aromatic rings. The molecule has 0 nitrogen and oxygen atoms in total. The lowest BCUT2D eigenvalue weighted by atomic mass is 9.83. The van der Waals surface area contributed by atoms with Gasteiger partial charge >= 0.3 is 0 Å². The Morgan fingerprint density at radius 3 is 0.569 bits per heavy atom. The van der Waals surface area contributed by atoms with Crippen molar-refractivity contribution in [1.29, 1.82) is 0 Å². The molecule has 0 spiro atoms. The van der Waals surface area contributed by atoms with Gasteiger partial charge in [-0.2, -0.15) is 0 Å². The highest BCUT2D eigenvalue weighted by molar-refractivity contribution is 6.40. The lowest BCUT2D eigenvalue weighted by Crippen LogP contribution is -1.92. The average Bonchev–Trinajstić information content (AvgIpc) is 3.23. The van der Waals surface area contributed by atoms with Gasteiger partial charge in [0.15, 0.2) is 0 Å². The number of aryl methyl sites for hydroxylation is 8. The fourth-order valence-electron chi connectivity index (χ4n) is 9.17. The molecule has 0 aliphatic heterocycles. The van der Waals surface area contributed by atoms with E-state index in [0.717, 1.165) is 0 Å². The van der Waals surface area contributed by atoms with Crippen LogP contribution in [0.4, 0.5) is 0 Å². The number of hydrogen-bond acceptors (Lipinski definition) is 0. The van der Waals surface area contributed by atoms with Crippen molar-refractivity contribution in [1.82, 2.24) is 0 Å². The Kier molecular flexibility index (Phi) is 8.39. The SMILES string of the molecule is Cc1ccc(-c2ccc3c4ccc(-c5ccc(C)c(C)c5)cc4c4c5cc(-c6ccc(C)c(C)c6)ccc5c5ccc(-c6ccc(C)c(C)c6)cc5c4c3c2)cc1C. The van der Waals surface area contributed by atoms with E-state index in [1.807, 2.05) is 0 Å². The molecule has 0 bridgehead atoms. The summed E-state index contributed by atoms with van der Waals surface area (Å²) in [5.74, 6) is 0. The Hall–Kier alpha value is -6.50. The minimum absolute atomic E-state index is 1.24. The van der Waals surface area contributed by atoms with Gasteiger partial charge in [-0.05, 0) is 223 Å². The summed E-state index contributed by atoms with van der Waals surface area (Å²) in [4.78, 5) is 0. The summed E-state index contributed by atoms with van der Waals surface area (Å²) in [7, 11) is 0. The van der Waals surface area contributed by atoms with Gasteiger partial charge in [0.1, 0.15) is 0 Å². The summed E-state index contributed by atoms with van der Waals surface area (Å²) < 4.78 is 0. The third-order valence-corrected chi connectivity index (χ3v) is 13.3. The minimum atomic E-state index is 1.24. The van der Waals surface area contributed by atoms with Gasteiger partial charge in [0.05, 0.1) is 0 Å². The van der Waals surface area contributed by atoms with Crippen molar-refractivity contribution in [3.63, 3.8) is 0 Å². The maximum absolute atomic E-state index is 2.47. The minimum Gasteiger partial charge on any atom is -0.0584 e. The molecule has 0 aliphatic rings. The first-order chi connectivity index (χ1) is 28.0. The molecule has 0 heteroatoms. The maximum atomic E-state index is 2.47. The second kappa shape index (κ2) is 13.6. The van der Waals surface area contributed by atoms with Crippen molar-refractivity contribution in [2.45, 2.75) is 55.4 Å². The van der Waals surface area contributed by atoms with Crippen LogP contribution < -0.4 is 0 Å². The van der Waals surface area contributed by atoms with E-state index in [-0.39, 0.29) is 0 Å². The fourth-order valence-corrected chi connectivity index (χ4v) is 9.17. The molecule has 58 heavy (non-hydrogen) atoms. The zero-order valence-electron chi connectivity index (χ0n) is 34.9. The van der Waals surface area contributed by atoms with Crippen molar-refractivity contribution < 1.29 is 0 Å². The molecule has 0 atom stereocenters. The van der Waals surface area contributed by atoms with E-state index < -0.39 is 0 Å². The Morgan fingerprint density at radius 2 is 0.362 bits per heavy atom. The summed E-state index contributed by atoms with van der Waals surface area (Å²) in [5, 5.41) is 12.9. The van der Waals surface area contributed by atoms with E-state index in [0.29, 0.717) is 0 Å². The molecular weight excluding hydrogens is 697 g/mol. The molecule has 10 rings (SSSR count). The number of fused-ring (bicyclic) bond motifs is 11. The van der Waals surface area contributed by atoms with Crippen LogP contribution in [0.2, 0.25) is 0 Å². The standard InChI is InChI=1S/C58H48/c1-33-9-13-41(25-37(33)5)45-17-21-49-50-22-18-47(43-15-11-35(3)39(7)27-43)31-55(50)58-56-32-48(44-16-12-36(4)40(8)28-44)20-24-52(56)51-23-19-46(30-54(51)57(58)53(49)29-45)42-14-10-34(2)38(6)26-42/h9-32H,1-8H3. The highest BCUT2D eigenvalue weighted by Crippen LogP contribution is 2.47. The fraction of sp³-hybridized carbons (Fsp3) is 0.138. The van der Waals surface area contributed by atoms with E-state index in [2.05, 4.69) is 201 Å². The molecule has 280 valence electrons. The van der Waals surface area contributed by atoms with E-state index in [9.17, 15) is 0 Å². The van der Waals surface area contributed by atoms with Crippen molar-refractivity contribution in [3.8, 4) is 44.5 Å². The second-order valence-corrected chi connectivity index (χ2v) is 17.0. The van der Waals surface area contributed by atoms with Crippen molar-refractivity contribution in [3.05, 3.63) is 190 Å². The maximum Gasteiger partial charge on any atom is -0.00134 e. The Bertz CT molecular complexity index is 2910. The van der Waals surface area contributed by atoms with Gasteiger partial charge in [0.2, 0.25) is 0 Å². The molecule has 0 fully saturated rings. The van der Waals surface area contributed by atoms with Gasteiger partial charge in [-0.3, -0.25) is 0 Å². The highest BCUT2D eigenvalue weighted by atomic mass is 14.2. The van der Waals surface area contributed by atoms with Crippen LogP contribution >= 0.6 is 0 Å². The second-order valence-electron chi connectivity index (χ2n) is 17.0. The molecule has 0 N–H and O–H groups in total. The van der Waals surface area contributed by atoms with Crippen LogP contribution in [0.25, 0.3) is 98.4 Å². The normalized spacial score (nSPS) is 11.8. The molecule has 0 amide bonds. The van der Waals surface area contributed by atoms with Crippen LogP contribution in [-0.4, -0.2) is 0 Å². The summed E-state index contributed by atoms with van der Waals surface area (Å²) >= 11 is 0. The summed E-state index contributed by atoms with van der Waals surface area (Å²) in [6.07, 6.45) is 0. The summed E-state index contributed by atoms with van der Waals surface area (Å²) in [5.41, 5.74) is 20.5. The van der Waals surface area contributed by atoms with Crippen LogP contribution in [0.5, 0.6) is 0 Å². The first-order valence-electron chi connectivity index (χ1n) is 20.7. The number of benzene rings is 10. The molecule has 0 aliphatic carbocycles. The van der Waals surface area contributed by atoms with Crippen molar-refractivity contribution in [2.24, 2.45) is 0 Å². The van der Waals surface area contributed by atoms with Gasteiger partial charge < -0.3 is 0 Å². The molecule has 0 radical (unpaired) electrons. The molecule has 0 heterocycles. The first-order valence-corrected chi connectivity index (χ1v) is 20.7. The van der Waals surface area contributed by atoms with Crippen LogP contribution in [-0.2, 0) is 0 Å². The van der Waals surface area contributed by atoms with Crippen LogP contribution in [0, 0.1) is 55.4 Å². The van der Waals surface area contributed by atoms with Gasteiger partial charge in [0, 0.05) is 0 Å². The highest BCUT2D eigenvalue weighted by Gasteiger charge is 2.19. The summed E-state index contributed by atoms with van der Waals surface area (Å²) in [6, 6.07) is 56.3. The zero-order valence-corrected chi connectivity index (χ0v) is 34.9. The topological polar surface area (TPSA) is 0 Å². The average molecular weight is 745 g/mol. The van der Waals surface area contributed by atoms with Gasteiger partial charge in [-0.1, -0.05) is 121 Å². The van der Waals surface area contributed by atoms with Crippen molar-refractivity contribution in [2.75, 3.05) is 0 Å². The molecule has 0 aromatic heterocycles. The number of rotatable bonds is 4. The van der Waals surface area contributed by atoms with Gasteiger partial charge in [0.25, 0.3) is 0 Å². The van der Waals surface area contributed by atoms with E-state index in [1.54, 1.807) is 0 Å². The molecule has 0 unspecified atom stereocenters. The zero-order chi connectivity index (χ0) is 40.0. The smallest absolute Gasteiger partial charge is 0.00134 e. The van der Waals surface area contributed by atoms with Crippen LogP contribution in [0.15, 0.2) is 146 Å². The van der Waals surface area contributed by atoms with E-state index in [1.165, 1.54) is 143 Å².